The first kappa shape index (κ1) is 16.3. The van der Waals surface area contributed by atoms with Gasteiger partial charge in [-0.1, -0.05) is 18.2 Å². The molecule has 1 aromatic rings. The maximum atomic E-state index is 12.3. The topological polar surface area (TPSA) is 67.4 Å². The Balaban J connectivity index is 2.01. The first-order chi connectivity index (χ1) is 10.1. The molecule has 0 bridgehead atoms. The van der Waals surface area contributed by atoms with E-state index in [1.165, 1.54) is 0 Å². The minimum absolute atomic E-state index is 0.179. The van der Waals surface area contributed by atoms with Gasteiger partial charge in [-0.3, -0.25) is 4.72 Å². The van der Waals surface area contributed by atoms with Crippen molar-refractivity contribution in [2.45, 2.75) is 19.3 Å². The number of para-hydroxylation sites is 1. The normalized spacial score (nSPS) is 19.4. The molecular formula is C15H24N2O3S. The Labute approximate surface area is 127 Å². The highest BCUT2D eigenvalue weighted by Gasteiger charge is 2.21. The third kappa shape index (κ3) is 5.30. The lowest BCUT2D eigenvalue weighted by molar-refractivity contribution is 0.202. The Morgan fingerprint density at radius 1 is 1.38 bits per heavy atom. The second kappa shape index (κ2) is 7.77. The van der Waals surface area contributed by atoms with E-state index in [1.54, 1.807) is 7.11 Å². The molecule has 1 atom stereocenters. The van der Waals surface area contributed by atoms with Gasteiger partial charge in [0.2, 0.25) is 10.0 Å². The first-order valence-electron chi connectivity index (χ1n) is 7.39. The number of sulfonamides is 1. The molecular weight excluding hydrogens is 288 g/mol. The summed E-state index contributed by atoms with van der Waals surface area (Å²) in [7, 11) is -1.67. The van der Waals surface area contributed by atoms with E-state index < -0.39 is 10.0 Å². The van der Waals surface area contributed by atoms with E-state index in [2.05, 4.69) is 10.0 Å². The number of anilines is 1. The summed E-state index contributed by atoms with van der Waals surface area (Å²) < 4.78 is 32.4. The largest absolute Gasteiger partial charge is 0.384 e. The number of methoxy groups -OCH3 is 1. The Morgan fingerprint density at radius 2 is 2.19 bits per heavy atom. The van der Waals surface area contributed by atoms with Crippen LogP contribution in [0.5, 0.6) is 0 Å². The molecule has 1 unspecified atom stereocenters. The van der Waals surface area contributed by atoms with Crippen LogP contribution in [0.15, 0.2) is 24.3 Å². The van der Waals surface area contributed by atoms with E-state index in [0.29, 0.717) is 18.7 Å². The molecule has 1 saturated heterocycles. The minimum Gasteiger partial charge on any atom is -0.384 e. The molecule has 0 spiro atoms. The lowest BCUT2D eigenvalue weighted by Crippen LogP contribution is -2.35. The third-order valence-electron chi connectivity index (χ3n) is 3.71. The summed E-state index contributed by atoms with van der Waals surface area (Å²) in [6.07, 6.45) is 2.71. The number of ether oxygens (including phenoxy) is 1. The van der Waals surface area contributed by atoms with Crippen molar-refractivity contribution in [3.8, 4) is 0 Å². The van der Waals surface area contributed by atoms with Crippen molar-refractivity contribution in [1.82, 2.24) is 5.32 Å². The van der Waals surface area contributed by atoms with Gasteiger partial charge in [0, 0.05) is 7.11 Å². The highest BCUT2D eigenvalue weighted by atomic mass is 32.2. The van der Waals surface area contributed by atoms with E-state index in [-0.39, 0.29) is 11.7 Å². The van der Waals surface area contributed by atoms with Crippen molar-refractivity contribution < 1.29 is 13.2 Å². The predicted molar refractivity (Wildman–Crippen MR) is 85.0 cm³/mol. The Morgan fingerprint density at radius 3 is 2.90 bits per heavy atom. The van der Waals surface area contributed by atoms with Crippen molar-refractivity contribution in [2.24, 2.45) is 5.92 Å². The summed E-state index contributed by atoms with van der Waals surface area (Å²) in [4.78, 5) is 0. The van der Waals surface area contributed by atoms with Gasteiger partial charge in [-0.25, -0.2) is 8.42 Å². The molecule has 21 heavy (non-hydrogen) atoms. The highest BCUT2D eigenvalue weighted by molar-refractivity contribution is 7.92. The van der Waals surface area contributed by atoms with Gasteiger partial charge in [-0.15, -0.1) is 0 Å². The van der Waals surface area contributed by atoms with Crippen LogP contribution in [0, 0.1) is 5.92 Å². The van der Waals surface area contributed by atoms with E-state index in [9.17, 15) is 8.42 Å². The Bertz CT molecular complexity index is 540. The average molecular weight is 312 g/mol. The molecule has 6 heteroatoms. The van der Waals surface area contributed by atoms with Crippen molar-refractivity contribution >= 4 is 15.7 Å². The summed E-state index contributed by atoms with van der Waals surface area (Å²) >= 11 is 0. The smallest absolute Gasteiger partial charge is 0.233 e. The number of nitrogens with one attached hydrogen (secondary N) is 2. The average Bonchev–Trinajstić information content (AvgIpc) is 2.46. The number of rotatable bonds is 7. The summed E-state index contributed by atoms with van der Waals surface area (Å²) in [5.41, 5.74) is 1.63. The summed E-state index contributed by atoms with van der Waals surface area (Å²) in [5.74, 6) is 0.376. The van der Waals surface area contributed by atoms with Gasteiger partial charge >= 0.3 is 0 Å². The van der Waals surface area contributed by atoms with Gasteiger partial charge in [0.25, 0.3) is 0 Å². The Kier molecular flexibility index (Phi) is 6.02. The molecule has 118 valence electrons. The van der Waals surface area contributed by atoms with Crippen LogP contribution in [0.3, 0.4) is 0 Å². The van der Waals surface area contributed by atoms with Crippen LogP contribution in [0.25, 0.3) is 0 Å². The van der Waals surface area contributed by atoms with Crippen LogP contribution in [-0.2, 0) is 21.2 Å². The fourth-order valence-corrected chi connectivity index (χ4v) is 4.16. The fourth-order valence-electron chi connectivity index (χ4n) is 2.64. The zero-order chi connectivity index (χ0) is 15.1. The molecule has 5 nitrogen and oxygen atoms in total. The molecule has 0 amide bonds. The summed E-state index contributed by atoms with van der Waals surface area (Å²) in [6, 6.07) is 7.49. The van der Waals surface area contributed by atoms with E-state index >= 15 is 0 Å². The van der Waals surface area contributed by atoms with Crippen LogP contribution >= 0.6 is 0 Å². The molecule has 1 aromatic carbocycles. The molecule has 0 aliphatic carbocycles. The number of hydrogen-bond donors (Lipinski definition) is 2. The van der Waals surface area contributed by atoms with E-state index in [4.69, 9.17) is 4.74 Å². The molecule has 1 aliphatic rings. The monoisotopic (exact) mass is 312 g/mol. The Hall–Kier alpha value is -1.11. The molecule has 2 rings (SSSR count). The van der Waals surface area contributed by atoms with Crippen LogP contribution < -0.4 is 10.0 Å². The van der Waals surface area contributed by atoms with E-state index in [0.717, 1.165) is 31.5 Å². The number of hydrogen-bond acceptors (Lipinski definition) is 4. The van der Waals surface area contributed by atoms with Crippen molar-refractivity contribution in [3.05, 3.63) is 29.8 Å². The lowest BCUT2D eigenvalue weighted by atomic mass is 10.0. The molecule has 2 N–H and O–H groups in total. The van der Waals surface area contributed by atoms with Crippen molar-refractivity contribution in [2.75, 3.05) is 37.3 Å². The van der Waals surface area contributed by atoms with Crippen molar-refractivity contribution in [3.63, 3.8) is 0 Å². The lowest BCUT2D eigenvalue weighted by Gasteiger charge is -2.23. The zero-order valence-corrected chi connectivity index (χ0v) is 13.3. The van der Waals surface area contributed by atoms with Crippen LogP contribution in [0.4, 0.5) is 5.69 Å². The van der Waals surface area contributed by atoms with Gasteiger partial charge in [0.05, 0.1) is 18.0 Å². The van der Waals surface area contributed by atoms with Crippen LogP contribution in [0.1, 0.15) is 18.4 Å². The van der Waals surface area contributed by atoms with Gasteiger partial charge in [0.1, 0.15) is 0 Å². The molecule has 0 aromatic heterocycles. The predicted octanol–water partition coefficient (Wildman–Crippen LogP) is 1.62. The van der Waals surface area contributed by atoms with Crippen LogP contribution in [0.2, 0.25) is 0 Å². The second-order valence-corrected chi connectivity index (χ2v) is 7.26. The molecule has 0 saturated carbocycles. The SMILES string of the molecule is COCCc1ccccc1NS(=O)(=O)CC1CCCNC1. The third-order valence-corrected chi connectivity index (χ3v) is 5.15. The summed E-state index contributed by atoms with van der Waals surface area (Å²) in [5, 5.41) is 3.25. The first-order valence-corrected chi connectivity index (χ1v) is 9.04. The zero-order valence-electron chi connectivity index (χ0n) is 12.5. The molecule has 1 fully saturated rings. The molecule has 1 aliphatic heterocycles. The molecule has 1 heterocycles. The van der Waals surface area contributed by atoms with Gasteiger partial charge in [0.15, 0.2) is 0 Å². The summed E-state index contributed by atoms with van der Waals surface area (Å²) in [6.45, 7) is 2.35. The van der Waals surface area contributed by atoms with Gasteiger partial charge in [-0.05, 0) is 49.9 Å². The van der Waals surface area contributed by atoms with E-state index in [1.807, 2.05) is 24.3 Å². The number of benzene rings is 1. The quantitative estimate of drug-likeness (QED) is 0.803. The highest BCUT2D eigenvalue weighted by Crippen LogP contribution is 2.19. The van der Waals surface area contributed by atoms with Gasteiger partial charge < -0.3 is 10.1 Å². The van der Waals surface area contributed by atoms with Gasteiger partial charge in [-0.2, -0.15) is 0 Å². The fraction of sp³-hybridized carbons (Fsp3) is 0.600. The van der Waals surface area contributed by atoms with Crippen LogP contribution in [-0.4, -0.2) is 41.0 Å². The second-order valence-electron chi connectivity index (χ2n) is 5.50. The maximum Gasteiger partial charge on any atom is 0.233 e. The number of piperidine rings is 1. The van der Waals surface area contributed by atoms with Crippen molar-refractivity contribution in [1.29, 1.82) is 0 Å². The standard InChI is InChI=1S/C15H24N2O3S/c1-20-10-8-14-6-2-3-7-15(14)17-21(18,19)12-13-5-4-9-16-11-13/h2-3,6-7,13,16-17H,4-5,8-12H2,1H3. The minimum atomic E-state index is -3.31. The molecule has 0 radical (unpaired) electrons. The maximum absolute atomic E-state index is 12.3.